The number of nitrogens with one attached hydrogen (secondary N) is 1. The van der Waals surface area contributed by atoms with Crippen LogP contribution in [0.25, 0.3) is 0 Å². The second kappa shape index (κ2) is 5.62. The van der Waals surface area contributed by atoms with Gasteiger partial charge in [0.25, 0.3) is 5.91 Å². The Morgan fingerprint density at radius 3 is 2.71 bits per heavy atom. The van der Waals surface area contributed by atoms with E-state index in [-0.39, 0.29) is 11.4 Å². The van der Waals surface area contributed by atoms with Crippen molar-refractivity contribution in [3.63, 3.8) is 0 Å². The summed E-state index contributed by atoms with van der Waals surface area (Å²) in [7, 11) is 2.10. The summed E-state index contributed by atoms with van der Waals surface area (Å²) in [5, 5.41) is 0. The normalized spacial score (nSPS) is 11.9. The molecule has 5 heteroatoms. The molecule has 1 aromatic heterocycles. The first kappa shape index (κ1) is 14.2. The average molecular weight is 255 g/mol. The number of amides is 1. The monoisotopic (exact) mass is 255 g/mol. The molecule has 0 aromatic carbocycles. The summed E-state index contributed by atoms with van der Waals surface area (Å²) >= 11 is 1.49. The van der Waals surface area contributed by atoms with Crippen LogP contribution in [0.5, 0.6) is 0 Å². The highest BCUT2D eigenvalue weighted by atomic mass is 32.1. The van der Waals surface area contributed by atoms with Gasteiger partial charge in [-0.25, -0.2) is 5.84 Å². The Hall–Kier alpha value is -0.910. The van der Waals surface area contributed by atoms with E-state index >= 15 is 0 Å². The van der Waals surface area contributed by atoms with Gasteiger partial charge in [-0.3, -0.25) is 15.1 Å². The Kier molecular flexibility index (Phi) is 4.68. The number of hydrogen-bond donors (Lipinski definition) is 2. The summed E-state index contributed by atoms with van der Waals surface area (Å²) in [6, 6.07) is 3.80. The predicted octanol–water partition coefficient (Wildman–Crippen LogP) is 1.97. The average Bonchev–Trinajstić information content (AvgIpc) is 2.76. The van der Waals surface area contributed by atoms with Crippen LogP contribution in [0.4, 0.5) is 0 Å². The zero-order valence-electron chi connectivity index (χ0n) is 10.9. The van der Waals surface area contributed by atoms with Crippen molar-refractivity contribution < 1.29 is 4.79 Å². The summed E-state index contributed by atoms with van der Waals surface area (Å²) in [6.07, 6.45) is 1.09. The Balaban J connectivity index is 2.70. The van der Waals surface area contributed by atoms with E-state index in [1.165, 1.54) is 16.2 Å². The minimum atomic E-state index is -0.223. The lowest BCUT2D eigenvalue weighted by Crippen LogP contribution is -2.39. The van der Waals surface area contributed by atoms with Crippen LogP contribution in [-0.4, -0.2) is 23.4 Å². The molecule has 0 bridgehead atoms. The quantitative estimate of drug-likeness (QED) is 0.480. The van der Waals surface area contributed by atoms with Crippen molar-refractivity contribution in [2.24, 2.45) is 5.84 Å². The third-order valence-electron chi connectivity index (χ3n) is 3.31. The maximum absolute atomic E-state index is 11.3. The second-order valence-electron chi connectivity index (χ2n) is 4.76. The first-order valence-corrected chi connectivity index (χ1v) is 6.53. The highest BCUT2D eigenvalue weighted by Gasteiger charge is 2.21. The van der Waals surface area contributed by atoms with Crippen LogP contribution in [0, 0.1) is 0 Å². The van der Waals surface area contributed by atoms with Crippen molar-refractivity contribution in [2.45, 2.75) is 39.3 Å². The number of nitrogens with zero attached hydrogens (tertiary/aromatic N) is 1. The minimum Gasteiger partial charge on any atom is -0.296 e. The number of thiophene rings is 1. The molecule has 0 radical (unpaired) electrons. The minimum absolute atomic E-state index is 0.167. The lowest BCUT2D eigenvalue weighted by molar-refractivity contribution is 0.0957. The van der Waals surface area contributed by atoms with Crippen molar-refractivity contribution in [3.8, 4) is 0 Å². The molecule has 17 heavy (non-hydrogen) atoms. The van der Waals surface area contributed by atoms with Gasteiger partial charge < -0.3 is 0 Å². The van der Waals surface area contributed by atoms with E-state index in [0.29, 0.717) is 4.88 Å². The summed E-state index contributed by atoms with van der Waals surface area (Å²) in [5.74, 6) is 4.88. The first-order chi connectivity index (χ1) is 7.90. The van der Waals surface area contributed by atoms with Crippen LogP contribution in [-0.2, 0) is 6.54 Å². The maximum atomic E-state index is 11.3. The summed E-state index contributed by atoms with van der Waals surface area (Å²) < 4.78 is 0. The van der Waals surface area contributed by atoms with Gasteiger partial charge in [0, 0.05) is 17.0 Å². The number of rotatable bonds is 5. The van der Waals surface area contributed by atoms with Crippen molar-refractivity contribution in [1.29, 1.82) is 0 Å². The zero-order valence-corrected chi connectivity index (χ0v) is 11.7. The van der Waals surface area contributed by atoms with Crippen LogP contribution >= 0.6 is 11.3 Å². The molecule has 0 aliphatic heterocycles. The molecular formula is C12H21N3OS. The zero-order chi connectivity index (χ0) is 13.1. The molecule has 0 aliphatic carbocycles. The molecule has 0 unspecified atom stereocenters. The number of hydrogen-bond acceptors (Lipinski definition) is 4. The molecule has 0 aliphatic rings. The van der Waals surface area contributed by atoms with Crippen molar-refractivity contribution >= 4 is 17.2 Å². The molecule has 1 rings (SSSR count). The summed E-state index contributed by atoms with van der Waals surface area (Å²) in [4.78, 5) is 15.5. The van der Waals surface area contributed by atoms with Crippen molar-refractivity contribution in [3.05, 3.63) is 21.9 Å². The van der Waals surface area contributed by atoms with Gasteiger partial charge in [-0.05, 0) is 39.4 Å². The molecule has 0 fully saturated rings. The molecule has 0 saturated carbocycles. The molecule has 0 spiro atoms. The molecule has 1 heterocycles. The first-order valence-electron chi connectivity index (χ1n) is 5.71. The fourth-order valence-corrected chi connectivity index (χ4v) is 2.34. The summed E-state index contributed by atoms with van der Waals surface area (Å²) in [5.41, 5.74) is 2.31. The van der Waals surface area contributed by atoms with Gasteiger partial charge >= 0.3 is 0 Å². The molecular weight excluding hydrogens is 234 g/mol. The fraction of sp³-hybridized carbons (Fsp3) is 0.583. The van der Waals surface area contributed by atoms with Gasteiger partial charge in [0.2, 0.25) is 0 Å². The number of nitrogens with two attached hydrogens (primary N) is 1. The van der Waals surface area contributed by atoms with Gasteiger partial charge in [0.1, 0.15) is 0 Å². The largest absolute Gasteiger partial charge is 0.296 e. The molecule has 4 nitrogen and oxygen atoms in total. The topological polar surface area (TPSA) is 58.4 Å². The highest BCUT2D eigenvalue weighted by Crippen LogP contribution is 2.23. The third-order valence-corrected chi connectivity index (χ3v) is 4.38. The van der Waals surface area contributed by atoms with Crippen LogP contribution in [0.15, 0.2) is 12.1 Å². The summed E-state index contributed by atoms with van der Waals surface area (Å²) in [6.45, 7) is 7.46. The van der Waals surface area contributed by atoms with Crippen LogP contribution in [0.1, 0.15) is 41.7 Å². The van der Waals surface area contributed by atoms with Crippen LogP contribution in [0.3, 0.4) is 0 Å². The molecule has 0 saturated heterocycles. The van der Waals surface area contributed by atoms with Gasteiger partial charge in [0.15, 0.2) is 0 Å². The third kappa shape index (κ3) is 3.52. The number of carbonyl (C=O) groups excluding carboxylic acids is 1. The van der Waals surface area contributed by atoms with Gasteiger partial charge in [0.05, 0.1) is 4.88 Å². The fourth-order valence-electron chi connectivity index (χ4n) is 1.37. The van der Waals surface area contributed by atoms with Crippen LogP contribution < -0.4 is 11.3 Å². The molecule has 3 N–H and O–H groups in total. The van der Waals surface area contributed by atoms with Crippen LogP contribution in [0.2, 0.25) is 0 Å². The Labute approximate surface area is 107 Å². The standard InChI is InChI=1S/C12H21N3OS/c1-5-12(2,3)15(4)8-9-6-7-10(17-9)11(16)14-13/h6-7H,5,8,13H2,1-4H3,(H,14,16). The van der Waals surface area contributed by atoms with Crippen molar-refractivity contribution in [1.82, 2.24) is 10.3 Å². The molecule has 0 atom stereocenters. The van der Waals surface area contributed by atoms with E-state index in [4.69, 9.17) is 5.84 Å². The Morgan fingerprint density at radius 2 is 2.18 bits per heavy atom. The van der Waals surface area contributed by atoms with Gasteiger partial charge in [-0.2, -0.15) is 0 Å². The van der Waals surface area contributed by atoms with E-state index in [2.05, 4.69) is 38.1 Å². The molecule has 1 amide bonds. The molecule has 1 aromatic rings. The van der Waals surface area contributed by atoms with E-state index in [1.807, 2.05) is 12.1 Å². The van der Waals surface area contributed by atoms with Gasteiger partial charge in [-0.15, -0.1) is 11.3 Å². The Bertz CT molecular complexity index is 387. The SMILES string of the molecule is CCC(C)(C)N(C)Cc1ccc(C(=O)NN)s1. The van der Waals surface area contributed by atoms with E-state index in [1.54, 1.807) is 0 Å². The number of hydrazine groups is 1. The number of carbonyl (C=O) groups is 1. The highest BCUT2D eigenvalue weighted by molar-refractivity contribution is 7.14. The van der Waals surface area contributed by atoms with Gasteiger partial charge in [-0.1, -0.05) is 6.92 Å². The maximum Gasteiger partial charge on any atom is 0.275 e. The van der Waals surface area contributed by atoms with E-state index < -0.39 is 0 Å². The smallest absolute Gasteiger partial charge is 0.275 e. The predicted molar refractivity (Wildman–Crippen MR) is 71.8 cm³/mol. The second-order valence-corrected chi connectivity index (χ2v) is 5.93. The molecule has 96 valence electrons. The lowest BCUT2D eigenvalue weighted by Gasteiger charge is -2.34. The Morgan fingerprint density at radius 1 is 1.53 bits per heavy atom. The van der Waals surface area contributed by atoms with E-state index in [9.17, 15) is 4.79 Å². The lowest BCUT2D eigenvalue weighted by atomic mass is 10.00. The van der Waals surface area contributed by atoms with Crippen molar-refractivity contribution in [2.75, 3.05) is 7.05 Å². The van der Waals surface area contributed by atoms with E-state index in [0.717, 1.165) is 13.0 Å². The number of nitrogen functional groups attached to an aromatic ring is 1.